The minimum Gasteiger partial charge on any atom is -0.422 e. The molecule has 0 aromatic heterocycles. The number of ether oxygens (including phenoxy) is 1. The van der Waals surface area contributed by atoms with Gasteiger partial charge in [-0.3, -0.25) is 9.59 Å². The van der Waals surface area contributed by atoms with E-state index in [2.05, 4.69) is 31.8 Å². The maximum absolute atomic E-state index is 12.4. The predicted octanol–water partition coefficient (Wildman–Crippen LogP) is 5.43. The number of carbonyl (C=O) groups is 3. The number of nitrogens with one attached hydrogen (secondary N) is 2. The lowest BCUT2D eigenvalue weighted by Gasteiger charge is -2.08. The average molecular weight is 529 g/mol. The summed E-state index contributed by atoms with van der Waals surface area (Å²) in [5.74, 6) is -0.870. The molecule has 2 N–H and O–H groups in total. The lowest BCUT2D eigenvalue weighted by molar-refractivity contribution is -0.115. The summed E-state index contributed by atoms with van der Waals surface area (Å²) in [6.45, 7) is 1.75. The summed E-state index contributed by atoms with van der Waals surface area (Å²) in [6, 6.07) is 17.8. The number of hydrazone groups is 1. The van der Waals surface area contributed by atoms with Gasteiger partial charge in [0.05, 0.1) is 11.8 Å². The molecule has 33 heavy (non-hydrogen) atoms. The molecule has 168 valence electrons. The number of hydrogen-bond donors (Lipinski definition) is 2. The van der Waals surface area contributed by atoms with Crippen molar-refractivity contribution in [3.63, 3.8) is 0 Å². The average Bonchev–Trinajstić information content (AvgIpc) is 2.81. The van der Waals surface area contributed by atoms with Gasteiger partial charge in [0.2, 0.25) is 5.91 Å². The zero-order valence-corrected chi connectivity index (χ0v) is 19.8. The van der Waals surface area contributed by atoms with Gasteiger partial charge in [-0.05, 0) is 66.7 Å². The van der Waals surface area contributed by atoms with Crippen molar-refractivity contribution in [2.45, 2.75) is 13.3 Å². The predicted molar refractivity (Wildman–Crippen MR) is 131 cm³/mol. The fraction of sp³-hybridized carbons (Fsp3) is 0.0833. The van der Waals surface area contributed by atoms with E-state index in [4.69, 9.17) is 16.3 Å². The minimum atomic E-state index is -0.543. The SMILES string of the molecule is CCC(=O)Nc1ccc(C(=O)N/N=C/c2cc(Cl)ccc2OC(=O)c2ccc(Br)cc2)cc1. The zero-order valence-electron chi connectivity index (χ0n) is 17.5. The molecule has 2 amide bonds. The van der Waals surface area contributed by atoms with Gasteiger partial charge in [0, 0.05) is 32.7 Å². The van der Waals surface area contributed by atoms with Crippen LogP contribution in [0.3, 0.4) is 0 Å². The molecular formula is C24H19BrClN3O4. The number of nitrogens with zero attached hydrogens (tertiary/aromatic N) is 1. The molecule has 0 fully saturated rings. The van der Waals surface area contributed by atoms with E-state index in [0.717, 1.165) is 4.47 Å². The monoisotopic (exact) mass is 527 g/mol. The third kappa shape index (κ3) is 7.00. The molecule has 9 heteroatoms. The molecule has 0 aliphatic carbocycles. The smallest absolute Gasteiger partial charge is 0.343 e. The number of rotatable bonds is 7. The summed E-state index contributed by atoms with van der Waals surface area (Å²) in [4.78, 5) is 36.2. The molecule has 0 bridgehead atoms. The first kappa shape index (κ1) is 24.2. The van der Waals surface area contributed by atoms with Gasteiger partial charge in [-0.15, -0.1) is 0 Å². The maximum atomic E-state index is 12.4. The highest BCUT2D eigenvalue weighted by Gasteiger charge is 2.12. The highest BCUT2D eigenvalue weighted by atomic mass is 79.9. The maximum Gasteiger partial charge on any atom is 0.343 e. The molecule has 0 saturated carbocycles. The molecule has 3 aromatic carbocycles. The Morgan fingerprint density at radius 3 is 2.33 bits per heavy atom. The third-order valence-electron chi connectivity index (χ3n) is 4.38. The number of anilines is 1. The summed E-state index contributed by atoms with van der Waals surface area (Å²) >= 11 is 9.38. The van der Waals surface area contributed by atoms with Crippen LogP contribution < -0.4 is 15.5 Å². The quantitative estimate of drug-likeness (QED) is 0.185. The van der Waals surface area contributed by atoms with Crippen LogP contribution in [0.5, 0.6) is 5.75 Å². The van der Waals surface area contributed by atoms with Gasteiger partial charge in [-0.1, -0.05) is 34.5 Å². The molecule has 0 spiro atoms. The highest BCUT2D eigenvalue weighted by Crippen LogP contribution is 2.23. The minimum absolute atomic E-state index is 0.116. The van der Waals surface area contributed by atoms with Crippen LogP contribution in [0, 0.1) is 0 Å². The van der Waals surface area contributed by atoms with Crippen molar-refractivity contribution in [2.24, 2.45) is 5.10 Å². The summed E-state index contributed by atoms with van der Waals surface area (Å²) < 4.78 is 6.31. The van der Waals surface area contributed by atoms with E-state index in [1.807, 2.05) is 0 Å². The van der Waals surface area contributed by atoms with Crippen molar-refractivity contribution >= 4 is 57.2 Å². The lowest BCUT2D eigenvalue weighted by Crippen LogP contribution is -2.18. The van der Waals surface area contributed by atoms with Gasteiger partial charge in [-0.25, -0.2) is 10.2 Å². The Bertz CT molecular complexity index is 1200. The van der Waals surface area contributed by atoms with Gasteiger partial charge in [0.25, 0.3) is 5.91 Å². The van der Waals surface area contributed by atoms with Crippen LogP contribution in [-0.4, -0.2) is 24.0 Å². The normalized spacial score (nSPS) is 10.6. The second-order valence-electron chi connectivity index (χ2n) is 6.76. The Kier molecular flexibility index (Phi) is 8.34. The number of halogens is 2. The largest absolute Gasteiger partial charge is 0.422 e. The summed E-state index contributed by atoms with van der Waals surface area (Å²) in [5, 5.41) is 7.07. The van der Waals surface area contributed by atoms with E-state index in [-0.39, 0.29) is 11.7 Å². The molecule has 0 unspecified atom stereocenters. The molecular weight excluding hydrogens is 510 g/mol. The van der Waals surface area contributed by atoms with Crippen molar-refractivity contribution in [1.29, 1.82) is 0 Å². The summed E-state index contributed by atoms with van der Waals surface area (Å²) in [6.07, 6.45) is 1.70. The third-order valence-corrected chi connectivity index (χ3v) is 5.14. The van der Waals surface area contributed by atoms with Crippen LogP contribution in [-0.2, 0) is 4.79 Å². The molecule has 3 aromatic rings. The van der Waals surface area contributed by atoms with Crippen molar-refractivity contribution in [2.75, 3.05) is 5.32 Å². The molecule has 7 nitrogen and oxygen atoms in total. The first-order valence-electron chi connectivity index (χ1n) is 9.86. The second kappa shape index (κ2) is 11.4. The van der Waals surface area contributed by atoms with Crippen LogP contribution in [0.25, 0.3) is 0 Å². The van der Waals surface area contributed by atoms with Crippen molar-refractivity contribution in [3.8, 4) is 5.75 Å². The van der Waals surface area contributed by atoms with Gasteiger partial charge in [0.15, 0.2) is 0 Å². The number of benzene rings is 3. The van der Waals surface area contributed by atoms with Gasteiger partial charge >= 0.3 is 5.97 Å². The van der Waals surface area contributed by atoms with Crippen LogP contribution >= 0.6 is 27.5 Å². The van der Waals surface area contributed by atoms with Gasteiger partial charge in [0.1, 0.15) is 5.75 Å². The highest BCUT2D eigenvalue weighted by molar-refractivity contribution is 9.10. The van der Waals surface area contributed by atoms with Crippen LogP contribution in [0.4, 0.5) is 5.69 Å². The van der Waals surface area contributed by atoms with E-state index in [1.54, 1.807) is 73.7 Å². The van der Waals surface area contributed by atoms with E-state index in [9.17, 15) is 14.4 Å². The Morgan fingerprint density at radius 2 is 1.67 bits per heavy atom. The van der Waals surface area contributed by atoms with Crippen LogP contribution in [0.15, 0.2) is 76.3 Å². The van der Waals surface area contributed by atoms with E-state index in [1.165, 1.54) is 6.21 Å². The summed E-state index contributed by atoms with van der Waals surface area (Å²) in [5.41, 5.74) is 4.15. The molecule has 3 rings (SSSR count). The van der Waals surface area contributed by atoms with Crippen molar-refractivity contribution in [1.82, 2.24) is 5.43 Å². The number of esters is 1. The van der Waals surface area contributed by atoms with Gasteiger partial charge in [-0.2, -0.15) is 5.10 Å². The Balaban J connectivity index is 1.67. The molecule has 0 aliphatic heterocycles. The molecule has 0 atom stereocenters. The Hall–Kier alpha value is -3.49. The van der Waals surface area contributed by atoms with Crippen molar-refractivity contribution < 1.29 is 19.1 Å². The topological polar surface area (TPSA) is 96.9 Å². The van der Waals surface area contributed by atoms with E-state index < -0.39 is 11.9 Å². The van der Waals surface area contributed by atoms with E-state index >= 15 is 0 Å². The summed E-state index contributed by atoms with van der Waals surface area (Å²) in [7, 11) is 0. The fourth-order valence-electron chi connectivity index (χ4n) is 2.64. The second-order valence-corrected chi connectivity index (χ2v) is 8.11. The first-order chi connectivity index (χ1) is 15.9. The molecule has 0 aliphatic rings. The molecule has 0 saturated heterocycles. The number of amides is 2. The zero-order chi connectivity index (χ0) is 23.8. The van der Waals surface area contributed by atoms with Crippen molar-refractivity contribution in [3.05, 3.63) is 92.9 Å². The Morgan fingerprint density at radius 1 is 1.00 bits per heavy atom. The van der Waals surface area contributed by atoms with E-state index in [0.29, 0.717) is 33.8 Å². The van der Waals surface area contributed by atoms with Gasteiger partial charge < -0.3 is 10.1 Å². The number of carbonyl (C=O) groups excluding carboxylic acids is 3. The first-order valence-corrected chi connectivity index (χ1v) is 11.0. The lowest BCUT2D eigenvalue weighted by atomic mass is 10.2. The molecule has 0 radical (unpaired) electrons. The van der Waals surface area contributed by atoms with Crippen LogP contribution in [0.1, 0.15) is 39.6 Å². The molecule has 0 heterocycles. The fourth-order valence-corrected chi connectivity index (χ4v) is 3.08. The number of hydrogen-bond acceptors (Lipinski definition) is 5. The standard InChI is InChI=1S/C24H19BrClN3O4/c1-2-22(30)28-20-10-5-15(6-11-20)23(31)29-27-14-17-13-19(26)9-12-21(17)33-24(32)16-3-7-18(25)8-4-16/h3-14H,2H2,1H3,(H,28,30)(H,29,31)/b27-14+. The van der Waals surface area contributed by atoms with Crippen LogP contribution in [0.2, 0.25) is 5.02 Å². The Labute approximate surface area is 203 Å².